The van der Waals surface area contributed by atoms with Crippen molar-refractivity contribution in [2.24, 2.45) is 0 Å². The van der Waals surface area contributed by atoms with Gasteiger partial charge in [0, 0.05) is 0 Å². The molecule has 71 valence electrons. The largest absolute Gasteiger partial charge is 0.387 e. The number of aliphatic hydroxyl groups is 5. The average Bonchev–Trinajstić information content (AvgIpc) is 2.08. The molecule has 0 aliphatic carbocycles. The number of ether oxygens (including phenoxy) is 1. The fourth-order valence-electron chi connectivity index (χ4n) is 1.01. The van der Waals surface area contributed by atoms with Gasteiger partial charge in [0.15, 0.2) is 6.29 Å². The molecule has 0 unspecified atom stereocenters. The van der Waals surface area contributed by atoms with Crippen molar-refractivity contribution in [1.29, 1.82) is 0 Å². The van der Waals surface area contributed by atoms with E-state index in [1.54, 1.807) is 0 Å². The monoisotopic (exact) mass is 179 g/mol. The number of rotatable bonds is 1. The average molecular weight is 179 g/mol. The summed E-state index contributed by atoms with van der Waals surface area (Å²) in [5.74, 6) is 0. The zero-order valence-electron chi connectivity index (χ0n) is 6.11. The summed E-state index contributed by atoms with van der Waals surface area (Å²) in [6.07, 6.45) is -7.30. The van der Waals surface area contributed by atoms with Crippen LogP contribution < -0.4 is 0 Å². The molecule has 0 aromatic heterocycles. The van der Waals surface area contributed by atoms with Gasteiger partial charge in [-0.25, -0.2) is 0 Å². The second-order valence-electron chi connectivity index (χ2n) is 2.61. The molecular weight excluding hydrogens is 168 g/mol. The van der Waals surface area contributed by atoms with E-state index in [9.17, 15) is 0 Å². The van der Waals surface area contributed by atoms with Crippen LogP contribution in [-0.4, -0.2) is 56.2 Å². The fraction of sp³-hybridized carbons (Fsp3) is 0.833. The molecule has 1 radical (unpaired) electrons. The van der Waals surface area contributed by atoms with Crippen LogP contribution in [-0.2, 0) is 4.74 Å². The third-order valence-corrected chi connectivity index (χ3v) is 1.77. The summed E-state index contributed by atoms with van der Waals surface area (Å²) in [6.45, 7) is 0.503. The first kappa shape index (κ1) is 9.85. The lowest BCUT2D eigenvalue weighted by Crippen LogP contribution is -2.57. The standard InChI is InChI=1S/C6H11O6/c7-1-2-3(8)4(9)5(10)6(11)12-2/h1-11H/t2-,3-,4+,5-,6+/m1/s1. The van der Waals surface area contributed by atoms with Crippen molar-refractivity contribution in [3.05, 3.63) is 6.61 Å². The Labute approximate surface area is 68.6 Å². The minimum atomic E-state index is -1.60. The number of hydrogen-bond donors (Lipinski definition) is 5. The SMILES string of the molecule is O[CH][C@H]1O[C@H](O)[C@H](O)[C@@H](O)[C@@H]1O. The fourth-order valence-corrected chi connectivity index (χ4v) is 1.01. The Morgan fingerprint density at radius 2 is 1.50 bits per heavy atom. The Morgan fingerprint density at radius 1 is 0.917 bits per heavy atom. The highest BCUT2D eigenvalue weighted by molar-refractivity contribution is 4.91. The van der Waals surface area contributed by atoms with Crippen LogP contribution in [0.1, 0.15) is 0 Å². The molecule has 1 rings (SSSR count). The first-order valence-electron chi connectivity index (χ1n) is 3.43. The van der Waals surface area contributed by atoms with E-state index in [-0.39, 0.29) is 0 Å². The molecule has 0 bridgehead atoms. The normalized spacial score (nSPS) is 49.2. The van der Waals surface area contributed by atoms with E-state index in [2.05, 4.69) is 4.74 Å². The van der Waals surface area contributed by atoms with Crippen LogP contribution in [0, 0.1) is 6.61 Å². The predicted molar refractivity (Wildman–Crippen MR) is 35.1 cm³/mol. The maximum atomic E-state index is 9.09. The lowest BCUT2D eigenvalue weighted by Gasteiger charge is -2.37. The summed E-state index contributed by atoms with van der Waals surface area (Å²) in [7, 11) is 0. The molecule has 0 aromatic rings. The molecule has 6 nitrogen and oxygen atoms in total. The van der Waals surface area contributed by atoms with Crippen molar-refractivity contribution in [2.45, 2.75) is 30.7 Å². The molecule has 5 atom stereocenters. The van der Waals surface area contributed by atoms with Crippen LogP contribution in [0.4, 0.5) is 0 Å². The summed E-state index contributed by atoms with van der Waals surface area (Å²) in [4.78, 5) is 0. The first-order valence-corrected chi connectivity index (χ1v) is 3.43. The minimum Gasteiger partial charge on any atom is -0.387 e. The number of aliphatic hydroxyl groups excluding tert-OH is 5. The van der Waals surface area contributed by atoms with E-state index in [1.807, 2.05) is 0 Å². The van der Waals surface area contributed by atoms with E-state index >= 15 is 0 Å². The summed E-state index contributed by atoms with van der Waals surface area (Å²) in [5.41, 5.74) is 0. The van der Waals surface area contributed by atoms with Gasteiger partial charge in [-0.05, 0) is 0 Å². The molecule has 1 fully saturated rings. The second kappa shape index (κ2) is 3.65. The summed E-state index contributed by atoms with van der Waals surface area (Å²) in [5, 5.41) is 44.4. The highest BCUT2D eigenvalue weighted by Gasteiger charge is 2.42. The summed E-state index contributed by atoms with van der Waals surface area (Å²) in [6, 6.07) is 0. The van der Waals surface area contributed by atoms with Crippen LogP contribution in [0.2, 0.25) is 0 Å². The molecule has 5 N–H and O–H groups in total. The lowest BCUT2D eigenvalue weighted by molar-refractivity contribution is -0.279. The van der Waals surface area contributed by atoms with E-state index in [0.717, 1.165) is 0 Å². The van der Waals surface area contributed by atoms with E-state index in [4.69, 9.17) is 25.5 Å². The maximum absolute atomic E-state index is 9.09. The summed E-state index contributed by atoms with van der Waals surface area (Å²) >= 11 is 0. The van der Waals surface area contributed by atoms with Crippen LogP contribution in [0.5, 0.6) is 0 Å². The third-order valence-electron chi connectivity index (χ3n) is 1.77. The molecule has 1 heterocycles. The van der Waals surface area contributed by atoms with Crippen LogP contribution in [0.15, 0.2) is 0 Å². The minimum absolute atomic E-state index is 0.503. The van der Waals surface area contributed by atoms with Gasteiger partial charge in [-0.1, -0.05) is 0 Å². The second-order valence-corrected chi connectivity index (χ2v) is 2.61. The van der Waals surface area contributed by atoms with Gasteiger partial charge in [0.05, 0.1) is 0 Å². The van der Waals surface area contributed by atoms with Crippen molar-refractivity contribution in [3.8, 4) is 0 Å². The summed E-state index contributed by atoms with van der Waals surface area (Å²) < 4.78 is 4.52. The van der Waals surface area contributed by atoms with Gasteiger partial charge in [0.1, 0.15) is 31.0 Å². The van der Waals surface area contributed by atoms with Gasteiger partial charge in [-0.2, -0.15) is 0 Å². The Hall–Kier alpha value is -0.240. The molecule has 0 aromatic carbocycles. The van der Waals surface area contributed by atoms with Crippen LogP contribution in [0.25, 0.3) is 0 Å². The Morgan fingerprint density at radius 3 is 2.00 bits per heavy atom. The predicted octanol–water partition coefficient (Wildman–Crippen LogP) is -2.68. The lowest BCUT2D eigenvalue weighted by atomic mass is 10.00. The van der Waals surface area contributed by atoms with Gasteiger partial charge in [0.2, 0.25) is 0 Å². The van der Waals surface area contributed by atoms with Gasteiger partial charge >= 0.3 is 0 Å². The molecule has 0 spiro atoms. The van der Waals surface area contributed by atoms with Crippen LogP contribution >= 0.6 is 0 Å². The topological polar surface area (TPSA) is 110 Å². The van der Waals surface area contributed by atoms with Gasteiger partial charge in [-0.3, -0.25) is 0 Å². The quantitative estimate of drug-likeness (QED) is 0.300. The van der Waals surface area contributed by atoms with E-state index < -0.39 is 30.7 Å². The molecule has 1 saturated heterocycles. The molecule has 12 heavy (non-hydrogen) atoms. The Kier molecular flexibility index (Phi) is 2.99. The van der Waals surface area contributed by atoms with Crippen molar-refractivity contribution in [3.63, 3.8) is 0 Å². The highest BCUT2D eigenvalue weighted by Crippen LogP contribution is 2.20. The third kappa shape index (κ3) is 1.58. The molecule has 1 aliphatic heterocycles. The molecule has 1 aliphatic rings. The molecule has 0 amide bonds. The first-order chi connectivity index (χ1) is 5.57. The molecular formula is C6H11O6. The number of hydrogen-bond acceptors (Lipinski definition) is 6. The Balaban J connectivity index is 2.63. The zero-order valence-corrected chi connectivity index (χ0v) is 6.11. The highest BCUT2D eigenvalue weighted by atomic mass is 16.6. The van der Waals surface area contributed by atoms with E-state index in [1.165, 1.54) is 0 Å². The maximum Gasteiger partial charge on any atom is 0.184 e. The smallest absolute Gasteiger partial charge is 0.184 e. The van der Waals surface area contributed by atoms with Gasteiger partial charge in [0.25, 0.3) is 0 Å². The van der Waals surface area contributed by atoms with Crippen molar-refractivity contribution in [2.75, 3.05) is 0 Å². The van der Waals surface area contributed by atoms with Crippen molar-refractivity contribution < 1.29 is 30.3 Å². The zero-order chi connectivity index (χ0) is 9.30. The van der Waals surface area contributed by atoms with Gasteiger partial charge < -0.3 is 30.3 Å². The molecule has 6 heteroatoms. The van der Waals surface area contributed by atoms with Crippen molar-refractivity contribution in [1.82, 2.24) is 0 Å². The van der Waals surface area contributed by atoms with E-state index in [0.29, 0.717) is 6.61 Å². The molecule has 0 saturated carbocycles. The van der Waals surface area contributed by atoms with Crippen LogP contribution in [0.3, 0.4) is 0 Å². The van der Waals surface area contributed by atoms with Crippen molar-refractivity contribution >= 4 is 0 Å². The Bertz CT molecular complexity index is 146. The van der Waals surface area contributed by atoms with Gasteiger partial charge in [-0.15, -0.1) is 0 Å².